The maximum absolute atomic E-state index is 11.9. The lowest BCUT2D eigenvalue weighted by molar-refractivity contribution is -0.131. The molecule has 0 unspecified atom stereocenters. The van der Waals surface area contributed by atoms with E-state index in [0.29, 0.717) is 12.5 Å². The van der Waals surface area contributed by atoms with Crippen molar-refractivity contribution >= 4 is 5.91 Å². The molecular weight excluding hydrogens is 214 g/mol. The van der Waals surface area contributed by atoms with Crippen LogP contribution in [0.2, 0.25) is 0 Å². The van der Waals surface area contributed by atoms with Crippen LogP contribution in [-0.2, 0) is 4.79 Å². The molecule has 0 bridgehead atoms. The fourth-order valence-corrected chi connectivity index (χ4v) is 2.21. The van der Waals surface area contributed by atoms with E-state index in [0.717, 1.165) is 51.9 Å². The summed E-state index contributed by atoms with van der Waals surface area (Å²) in [6.45, 7) is 6.45. The van der Waals surface area contributed by atoms with E-state index in [-0.39, 0.29) is 5.91 Å². The van der Waals surface area contributed by atoms with Gasteiger partial charge < -0.3 is 10.6 Å². The van der Waals surface area contributed by atoms with Crippen molar-refractivity contribution in [2.75, 3.05) is 39.8 Å². The van der Waals surface area contributed by atoms with Crippen LogP contribution in [0.4, 0.5) is 0 Å². The van der Waals surface area contributed by atoms with E-state index in [1.807, 2.05) is 11.9 Å². The molecule has 1 aliphatic heterocycles. The van der Waals surface area contributed by atoms with E-state index in [2.05, 4.69) is 11.8 Å². The number of carbonyl (C=O) groups excluding carboxylic acids is 1. The van der Waals surface area contributed by atoms with Crippen molar-refractivity contribution in [1.82, 2.24) is 9.80 Å². The smallest absolute Gasteiger partial charge is 0.236 e. The molecule has 0 saturated carbocycles. The number of likely N-dealkylation sites (tertiary alicyclic amines) is 1. The zero-order valence-corrected chi connectivity index (χ0v) is 11.3. The highest BCUT2D eigenvalue weighted by Gasteiger charge is 2.20. The van der Waals surface area contributed by atoms with Gasteiger partial charge in [-0.2, -0.15) is 0 Å². The van der Waals surface area contributed by atoms with E-state index >= 15 is 0 Å². The highest BCUT2D eigenvalue weighted by Crippen LogP contribution is 2.15. The first kappa shape index (κ1) is 14.5. The van der Waals surface area contributed by atoms with E-state index in [9.17, 15) is 4.79 Å². The number of likely N-dealkylation sites (N-methyl/N-ethyl adjacent to an activating group) is 1. The van der Waals surface area contributed by atoms with Crippen LogP contribution < -0.4 is 5.73 Å². The topological polar surface area (TPSA) is 49.6 Å². The van der Waals surface area contributed by atoms with Crippen LogP contribution in [0, 0.1) is 5.92 Å². The quantitative estimate of drug-likeness (QED) is 0.752. The fraction of sp³-hybridized carbons (Fsp3) is 0.923. The summed E-state index contributed by atoms with van der Waals surface area (Å²) >= 11 is 0. The molecule has 0 radical (unpaired) electrons. The molecule has 0 spiro atoms. The van der Waals surface area contributed by atoms with Crippen molar-refractivity contribution < 1.29 is 4.79 Å². The number of unbranched alkanes of at least 4 members (excludes halogenated alkanes) is 1. The van der Waals surface area contributed by atoms with Crippen molar-refractivity contribution in [3.8, 4) is 0 Å². The number of hydrogen-bond donors (Lipinski definition) is 1. The Balaban J connectivity index is 2.22. The Bertz CT molecular complexity index is 225. The van der Waals surface area contributed by atoms with Crippen molar-refractivity contribution in [2.45, 2.75) is 32.6 Å². The Hall–Kier alpha value is -0.610. The average molecular weight is 241 g/mol. The third-order valence-corrected chi connectivity index (χ3v) is 3.67. The van der Waals surface area contributed by atoms with Crippen LogP contribution in [-0.4, -0.2) is 55.5 Å². The zero-order chi connectivity index (χ0) is 12.7. The Morgan fingerprint density at radius 1 is 1.41 bits per heavy atom. The molecular formula is C13H27N3O. The summed E-state index contributed by atoms with van der Waals surface area (Å²) < 4.78 is 0. The van der Waals surface area contributed by atoms with Gasteiger partial charge in [0.15, 0.2) is 0 Å². The Morgan fingerprint density at radius 3 is 2.59 bits per heavy atom. The molecule has 4 nitrogen and oxygen atoms in total. The van der Waals surface area contributed by atoms with E-state index < -0.39 is 0 Å². The summed E-state index contributed by atoms with van der Waals surface area (Å²) in [5.74, 6) is 0.920. The molecule has 1 saturated heterocycles. The monoisotopic (exact) mass is 241 g/mol. The van der Waals surface area contributed by atoms with Gasteiger partial charge in [-0.1, -0.05) is 13.3 Å². The minimum absolute atomic E-state index is 0.254. The largest absolute Gasteiger partial charge is 0.345 e. The molecule has 17 heavy (non-hydrogen) atoms. The van der Waals surface area contributed by atoms with Crippen LogP contribution in [0.5, 0.6) is 0 Å². The first-order valence-electron chi connectivity index (χ1n) is 6.83. The fourth-order valence-electron chi connectivity index (χ4n) is 2.21. The molecule has 1 heterocycles. The first-order chi connectivity index (χ1) is 8.17. The average Bonchev–Trinajstić information content (AvgIpc) is 2.36. The number of hydrogen-bond acceptors (Lipinski definition) is 3. The van der Waals surface area contributed by atoms with Gasteiger partial charge in [-0.25, -0.2) is 0 Å². The lowest BCUT2D eigenvalue weighted by Gasteiger charge is -2.31. The number of nitrogens with zero attached hydrogens (tertiary/aromatic N) is 2. The highest BCUT2D eigenvalue weighted by atomic mass is 16.2. The number of carbonyl (C=O) groups is 1. The number of rotatable bonds is 6. The van der Waals surface area contributed by atoms with E-state index in [1.165, 1.54) is 0 Å². The molecule has 0 aromatic carbocycles. The number of piperidine rings is 1. The molecule has 4 heteroatoms. The molecule has 2 N–H and O–H groups in total. The third-order valence-electron chi connectivity index (χ3n) is 3.67. The Labute approximate surface area is 105 Å². The van der Waals surface area contributed by atoms with Gasteiger partial charge >= 0.3 is 0 Å². The summed E-state index contributed by atoms with van der Waals surface area (Å²) in [6, 6.07) is 0. The second-order valence-electron chi connectivity index (χ2n) is 5.12. The first-order valence-corrected chi connectivity index (χ1v) is 6.83. The van der Waals surface area contributed by atoms with Crippen LogP contribution in [0.1, 0.15) is 32.6 Å². The van der Waals surface area contributed by atoms with E-state index in [4.69, 9.17) is 5.73 Å². The van der Waals surface area contributed by atoms with Crippen molar-refractivity contribution in [1.29, 1.82) is 0 Å². The second-order valence-corrected chi connectivity index (χ2v) is 5.12. The summed E-state index contributed by atoms with van der Waals surface area (Å²) in [5.41, 5.74) is 5.66. The van der Waals surface area contributed by atoms with Gasteiger partial charge in [0.2, 0.25) is 5.91 Å². The molecule has 1 aliphatic rings. The Kier molecular flexibility index (Phi) is 6.52. The van der Waals surface area contributed by atoms with Crippen LogP contribution >= 0.6 is 0 Å². The van der Waals surface area contributed by atoms with Gasteiger partial charge in [0.1, 0.15) is 0 Å². The van der Waals surface area contributed by atoms with Gasteiger partial charge in [0, 0.05) is 13.6 Å². The molecule has 1 fully saturated rings. The number of nitrogens with two attached hydrogens (primary N) is 1. The van der Waals surface area contributed by atoms with Crippen LogP contribution in [0.25, 0.3) is 0 Å². The van der Waals surface area contributed by atoms with E-state index in [1.54, 1.807) is 0 Å². The number of amides is 1. The summed E-state index contributed by atoms with van der Waals surface area (Å²) in [6.07, 6.45) is 4.52. The predicted octanol–water partition coefficient (Wildman–Crippen LogP) is 0.916. The molecule has 0 aliphatic carbocycles. The third kappa shape index (κ3) is 5.04. The summed E-state index contributed by atoms with van der Waals surface area (Å²) in [4.78, 5) is 16.0. The van der Waals surface area contributed by atoms with Crippen LogP contribution in [0.15, 0.2) is 0 Å². The highest BCUT2D eigenvalue weighted by molar-refractivity contribution is 5.77. The Morgan fingerprint density at radius 2 is 2.06 bits per heavy atom. The maximum atomic E-state index is 11.9. The summed E-state index contributed by atoms with van der Waals surface area (Å²) in [7, 11) is 1.91. The zero-order valence-electron chi connectivity index (χ0n) is 11.3. The molecule has 0 aromatic heterocycles. The molecule has 100 valence electrons. The minimum Gasteiger partial charge on any atom is -0.345 e. The summed E-state index contributed by atoms with van der Waals surface area (Å²) in [5, 5.41) is 0. The standard InChI is InChI=1S/C13H27N3O/c1-3-4-7-15(2)13(17)11-16-8-5-12(10-14)6-9-16/h12H,3-11,14H2,1-2H3. The molecule has 1 rings (SSSR count). The molecule has 0 aromatic rings. The van der Waals surface area contributed by atoms with Gasteiger partial charge in [0.05, 0.1) is 6.54 Å². The van der Waals surface area contributed by atoms with Crippen molar-refractivity contribution in [3.05, 3.63) is 0 Å². The molecule has 0 atom stereocenters. The van der Waals surface area contributed by atoms with Crippen LogP contribution in [0.3, 0.4) is 0 Å². The normalized spacial score (nSPS) is 18.3. The van der Waals surface area contributed by atoms with Gasteiger partial charge in [-0.05, 0) is 44.8 Å². The predicted molar refractivity (Wildman–Crippen MR) is 70.8 cm³/mol. The van der Waals surface area contributed by atoms with Crippen molar-refractivity contribution in [3.63, 3.8) is 0 Å². The SMILES string of the molecule is CCCCN(C)C(=O)CN1CCC(CN)CC1. The van der Waals surface area contributed by atoms with Gasteiger partial charge in [0.25, 0.3) is 0 Å². The lowest BCUT2D eigenvalue weighted by Crippen LogP contribution is -2.43. The lowest BCUT2D eigenvalue weighted by atomic mass is 9.97. The second kappa shape index (κ2) is 7.67. The minimum atomic E-state index is 0.254. The van der Waals surface area contributed by atoms with Gasteiger partial charge in [-0.3, -0.25) is 9.69 Å². The van der Waals surface area contributed by atoms with Crippen molar-refractivity contribution in [2.24, 2.45) is 11.7 Å². The maximum Gasteiger partial charge on any atom is 0.236 e. The van der Waals surface area contributed by atoms with Gasteiger partial charge in [-0.15, -0.1) is 0 Å². The molecule has 1 amide bonds.